The minimum Gasteiger partial charge on any atom is -0.335 e. The molecule has 0 spiro atoms. The summed E-state index contributed by atoms with van der Waals surface area (Å²) in [5, 5.41) is 2.94. The highest BCUT2D eigenvalue weighted by Crippen LogP contribution is 2.33. The van der Waals surface area contributed by atoms with Crippen LogP contribution in [0.4, 0.5) is 0 Å². The van der Waals surface area contributed by atoms with Crippen LogP contribution in [-0.4, -0.2) is 30.9 Å². The van der Waals surface area contributed by atoms with Crippen LogP contribution in [0.1, 0.15) is 30.0 Å². The lowest BCUT2D eigenvalue weighted by molar-refractivity contribution is -0.131. The first-order valence-corrected chi connectivity index (χ1v) is 6.23. The molecule has 2 rings (SSSR count). The number of benzene rings is 1. The number of hydrogen-bond acceptors (Lipinski definition) is 2. The Morgan fingerprint density at radius 3 is 2.83 bits per heavy atom. The number of aryl methyl sites for hydroxylation is 1. The van der Waals surface area contributed by atoms with E-state index >= 15 is 0 Å². The van der Waals surface area contributed by atoms with Gasteiger partial charge in [0.15, 0.2) is 0 Å². The molecule has 1 unspecified atom stereocenters. The van der Waals surface area contributed by atoms with Crippen LogP contribution in [0.25, 0.3) is 0 Å². The molecule has 0 saturated carbocycles. The van der Waals surface area contributed by atoms with Crippen LogP contribution in [0.3, 0.4) is 0 Å². The number of likely N-dealkylation sites (tertiary alicyclic amines) is 1. The van der Waals surface area contributed by atoms with E-state index in [1.807, 2.05) is 18.0 Å². The molecule has 0 bridgehead atoms. The summed E-state index contributed by atoms with van der Waals surface area (Å²) in [6.07, 6.45) is 2.19. The average molecular weight is 269 g/mol. The molecule has 1 heterocycles. The second-order valence-electron chi connectivity index (χ2n) is 4.63. The fraction of sp³-hybridized carbons (Fsp3) is 0.500. The maximum atomic E-state index is 12.0. The summed E-state index contributed by atoms with van der Waals surface area (Å²) in [6.45, 7) is 3.44. The summed E-state index contributed by atoms with van der Waals surface area (Å²) in [5.74, 6) is 0.207. The quantitative estimate of drug-likeness (QED) is 0.912. The van der Waals surface area contributed by atoms with Gasteiger partial charge in [0.1, 0.15) is 0 Å². The number of likely N-dealkylation sites (N-methyl/N-ethyl adjacent to an activating group) is 1. The van der Waals surface area contributed by atoms with Crippen molar-refractivity contribution >= 4 is 18.3 Å². The molecule has 1 atom stereocenters. The third-order valence-corrected chi connectivity index (χ3v) is 3.45. The molecule has 1 aliphatic rings. The Morgan fingerprint density at radius 1 is 1.44 bits per heavy atom. The van der Waals surface area contributed by atoms with Gasteiger partial charge in [-0.3, -0.25) is 4.79 Å². The minimum atomic E-state index is 0. The maximum absolute atomic E-state index is 12.0. The van der Waals surface area contributed by atoms with E-state index in [1.54, 1.807) is 0 Å². The van der Waals surface area contributed by atoms with Crippen molar-refractivity contribution < 1.29 is 4.79 Å². The van der Waals surface area contributed by atoms with Gasteiger partial charge in [-0.1, -0.05) is 24.3 Å². The van der Waals surface area contributed by atoms with E-state index in [0.717, 1.165) is 19.4 Å². The number of nitrogens with one attached hydrogen (secondary N) is 1. The largest absolute Gasteiger partial charge is 0.335 e. The number of halogens is 1. The van der Waals surface area contributed by atoms with Crippen molar-refractivity contribution in [1.29, 1.82) is 0 Å². The first-order valence-electron chi connectivity index (χ1n) is 6.23. The van der Waals surface area contributed by atoms with Crippen molar-refractivity contribution in [2.45, 2.75) is 25.8 Å². The second kappa shape index (κ2) is 6.76. The zero-order valence-corrected chi connectivity index (χ0v) is 11.8. The summed E-state index contributed by atoms with van der Waals surface area (Å²) in [7, 11) is 1.82. The molecule has 3 nitrogen and oxygen atoms in total. The first-order chi connectivity index (χ1) is 8.24. The van der Waals surface area contributed by atoms with Crippen LogP contribution in [0.15, 0.2) is 24.3 Å². The highest BCUT2D eigenvalue weighted by atomic mass is 35.5. The average Bonchev–Trinajstić information content (AvgIpc) is 2.79. The van der Waals surface area contributed by atoms with Crippen molar-refractivity contribution in [2.75, 3.05) is 20.1 Å². The van der Waals surface area contributed by atoms with Gasteiger partial charge < -0.3 is 10.2 Å². The summed E-state index contributed by atoms with van der Waals surface area (Å²) in [6, 6.07) is 8.64. The SMILES string of the molecule is CNCC(=O)N1CCCC1c1ccccc1C.Cl. The number of amides is 1. The standard InChI is InChI=1S/C14H20N2O.ClH/c1-11-6-3-4-7-12(11)13-8-5-9-16(13)14(17)10-15-2;/h3-4,6-7,13,15H,5,8-10H2,1-2H3;1H. The van der Waals surface area contributed by atoms with E-state index in [2.05, 4.69) is 30.4 Å². The molecular formula is C14H21ClN2O. The summed E-state index contributed by atoms with van der Waals surface area (Å²) >= 11 is 0. The van der Waals surface area contributed by atoms with Gasteiger partial charge in [0.05, 0.1) is 12.6 Å². The number of carbonyl (C=O) groups is 1. The van der Waals surface area contributed by atoms with Crippen LogP contribution in [0.5, 0.6) is 0 Å². The normalized spacial score (nSPS) is 18.6. The van der Waals surface area contributed by atoms with E-state index in [-0.39, 0.29) is 24.4 Å². The zero-order chi connectivity index (χ0) is 12.3. The molecule has 18 heavy (non-hydrogen) atoms. The van der Waals surface area contributed by atoms with Gasteiger partial charge in [0, 0.05) is 6.54 Å². The van der Waals surface area contributed by atoms with Crippen molar-refractivity contribution in [2.24, 2.45) is 0 Å². The molecule has 1 aliphatic heterocycles. The van der Waals surface area contributed by atoms with Gasteiger partial charge in [-0.15, -0.1) is 12.4 Å². The molecule has 100 valence electrons. The van der Waals surface area contributed by atoms with E-state index in [0.29, 0.717) is 6.54 Å². The van der Waals surface area contributed by atoms with Gasteiger partial charge in [0.25, 0.3) is 0 Å². The van der Waals surface area contributed by atoms with Crippen molar-refractivity contribution in [3.63, 3.8) is 0 Å². The lowest BCUT2D eigenvalue weighted by atomic mass is 9.99. The van der Waals surface area contributed by atoms with Crippen molar-refractivity contribution in [1.82, 2.24) is 10.2 Å². The van der Waals surface area contributed by atoms with E-state index in [9.17, 15) is 4.79 Å². The third kappa shape index (κ3) is 3.03. The highest BCUT2D eigenvalue weighted by molar-refractivity contribution is 5.85. The molecule has 4 heteroatoms. The molecule has 0 aliphatic carbocycles. The Hall–Kier alpha value is -1.06. The molecule has 0 radical (unpaired) electrons. The van der Waals surface area contributed by atoms with E-state index < -0.39 is 0 Å². The van der Waals surface area contributed by atoms with Gasteiger partial charge in [-0.25, -0.2) is 0 Å². The van der Waals surface area contributed by atoms with E-state index in [1.165, 1.54) is 11.1 Å². The number of hydrogen-bond donors (Lipinski definition) is 1. The first kappa shape index (κ1) is 15.0. The van der Waals surface area contributed by atoms with Gasteiger partial charge >= 0.3 is 0 Å². The van der Waals surface area contributed by atoms with E-state index in [4.69, 9.17) is 0 Å². The van der Waals surface area contributed by atoms with Gasteiger partial charge in [0.2, 0.25) is 5.91 Å². The fourth-order valence-electron chi connectivity index (χ4n) is 2.60. The number of carbonyl (C=O) groups excluding carboxylic acids is 1. The Balaban J connectivity index is 0.00000162. The van der Waals surface area contributed by atoms with Gasteiger partial charge in [-0.05, 0) is 37.9 Å². The Morgan fingerprint density at radius 2 is 2.17 bits per heavy atom. The lowest BCUT2D eigenvalue weighted by Gasteiger charge is -2.26. The number of rotatable bonds is 3. The van der Waals surface area contributed by atoms with Crippen molar-refractivity contribution in [3.8, 4) is 0 Å². The molecule has 0 aromatic heterocycles. The molecule has 1 N–H and O–H groups in total. The fourth-order valence-corrected chi connectivity index (χ4v) is 2.60. The lowest BCUT2D eigenvalue weighted by Crippen LogP contribution is -2.36. The molecule has 1 fully saturated rings. The zero-order valence-electron chi connectivity index (χ0n) is 11.0. The monoisotopic (exact) mass is 268 g/mol. The molecular weight excluding hydrogens is 248 g/mol. The van der Waals surface area contributed by atoms with Crippen molar-refractivity contribution in [3.05, 3.63) is 35.4 Å². The number of nitrogens with zero attached hydrogens (tertiary/aromatic N) is 1. The summed E-state index contributed by atoms with van der Waals surface area (Å²) < 4.78 is 0. The minimum absolute atomic E-state index is 0. The molecule has 1 amide bonds. The van der Waals surface area contributed by atoms with Crippen LogP contribution >= 0.6 is 12.4 Å². The highest BCUT2D eigenvalue weighted by Gasteiger charge is 2.29. The molecule has 1 aromatic carbocycles. The smallest absolute Gasteiger partial charge is 0.237 e. The summed E-state index contributed by atoms with van der Waals surface area (Å²) in [5.41, 5.74) is 2.58. The third-order valence-electron chi connectivity index (χ3n) is 3.45. The Labute approximate surface area is 115 Å². The Bertz CT molecular complexity index is 409. The predicted molar refractivity (Wildman–Crippen MR) is 76.0 cm³/mol. The van der Waals surface area contributed by atoms with Crippen LogP contribution in [0, 0.1) is 6.92 Å². The van der Waals surface area contributed by atoms with Crippen LogP contribution < -0.4 is 5.32 Å². The van der Waals surface area contributed by atoms with Crippen LogP contribution in [0.2, 0.25) is 0 Å². The maximum Gasteiger partial charge on any atom is 0.237 e. The second-order valence-corrected chi connectivity index (χ2v) is 4.63. The van der Waals surface area contributed by atoms with Gasteiger partial charge in [-0.2, -0.15) is 0 Å². The molecule has 1 saturated heterocycles. The Kier molecular flexibility index (Phi) is 5.63. The summed E-state index contributed by atoms with van der Waals surface area (Å²) in [4.78, 5) is 14.0. The molecule has 1 aromatic rings. The topological polar surface area (TPSA) is 32.3 Å². The predicted octanol–water partition coefficient (Wildman–Crippen LogP) is 2.30. The van der Waals surface area contributed by atoms with Crippen LogP contribution in [-0.2, 0) is 4.79 Å².